The highest BCUT2D eigenvalue weighted by Crippen LogP contribution is 2.48. The molecule has 0 radical (unpaired) electrons. The second kappa shape index (κ2) is 4.25. The Bertz CT molecular complexity index is 755. The van der Waals surface area contributed by atoms with Crippen molar-refractivity contribution in [1.82, 2.24) is 15.2 Å². The lowest BCUT2D eigenvalue weighted by atomic mass is 9.87. The van der Waals surface area contributed by atoms with Crippen molar-refractivity contribution in [1.29, 1.82) is 0 Å². The topological polar surface area (TPSA) is 79.4 Å². The van der Waals surface area contributed by atoms with Gasteiger partial charge >= 0.3 is 6.03 Å². The van der Waals surface area contributed by atoms with Gasteiger partial charge in [0.25, 0.3) is 5.91 Å². The molecule has 1 saturated heterocycles. The van der Waals surface area contributed by atoms with E-state index in [4.69, 9.17) is 0 Å². The number of urea groups is 1. The van der Waals surface area contributed by atoms with Gasteiger partial charge < -0.3 is 4.90 Å². The molecule has 112 valence electrons. The van der Waals surface area contributed by atoms with E-state index in [9.17, 15) is 14.4 Å². The molecular formula is C16H15N3O3. The number of likely N-dealkylation sites (N-methyl/N-ethyl adjacent to an activating group) is 1. The van der Waals surface area contributed by atoms with Gasteiger partial charge in [0, 0.05) is 25.2 Å². The Kier molecular flexibility index (Phi) is 2.55. The summed E-state index contributed by atoms with van der Waals surface area (Å²) in [5.41, 5.74) is 2.86. The van der Waals surface area contributed by atoms with Crippen molar-refractivity contribution in [3.63, 3.8) is 0 Å². The fourth-order valence-electron chi connectivity index (χ4n) is 3.88. The minimum Gasteiger partial charge on any atom is -0.312 e. The molecule has 4 rings (SSSR count). The molecule has 22 heavy (non-hydrogen) atoms. The Morgan fingerprint density at radius 3 is 2.95 bits per heavy atom. The first kappa shape index (κ1) is 13.2. The molecule has 2 fully saturated rings. The molecule has 0 bridgehead atoms. The van der Waals surface area contributed by atoms with Gasteiger partial charge in [0.15, 0.2) is 6.29 Å². The van der Waals surface area contributed by atoms with Crippen LogP contribution in [0.25, 0.3) is 6.08 Å². The third-order valence-corrected chi connectivity index (χ3v) is 5.14. The van der Waals surface area contributed by atoms with Gasteiger partial charge in [0.1, 0.15) is 5.54 Å². The van der Waals surface area contributed by atoms with Gasteiger partial charge in [-0.3, -0.25) is 19.9 Å². The minimum atomic E-state index is -0.761. The van der Waals surface area contributed by atoms with Crippen LogP contribution in [0.2, 0.25) is 0 Å². The van der Waals surface area contributed by atoms with Crippen LogP contribution in [0.15, 0.2) is 17.8 Å². The zero-order valence-electron chi connectivity index (χ0n) is 12.1. The van der Waals surface area contributed by atoms with Crippen LogP contribution in [0.4, 0.5) is 4.79 Å². The molecule has 3 aliphatic rings. The van der Waals surface area contributed by atoms with Crippen molar-refractivity contribution in [3.8, 4) is 0 Å². The lowest BCUT2D eigenvalue weighted by Gasteiger charge is -2.27. The highest BCUT2D eigenvalue weighted by molar-refractivity contribution is 6.07. The maximum absolute atomic E-state index is 12.3. The maximum Gasteiger partial charge on any atom is 0.324 e. The lowest BCUT2D eigenvalue weighted by Crippen LogP contribution is -2.45. The summed E-state index contributed by atoms with van der Waals surface area (Å²) in [5, 5.41) is 2.41. The number of carbonyl (C=O) groups is 3. The van der Waals surface area contributed by atoms with Crippen LogP contribution in [-0.2, 0) is 11.2 Å². The normalized spacial score (nSPS) is 29.2. The molecule has 2 aliphatic carbocycles. The van der Waals surface area contributed by atoms with Crippen molar-refractivity contribution >= 4 is 24.3 Å². The predicted octanol–water partition coefficient (Wildman–Crippen LogP) is 1.16. The van der Waals surface area contributed by atoms with Crippen molar-refractivity contribution < 1.29 is 14.4 Å². The Morgan fingerprint density at radius 1 is 1.45 bits per heavy atom. The van der Waals surface area contributed by atoms with E-state index in [0.717, 1.165) is 29.5 Å². The van der Waals surface area contributed by atoms with E-state index in [2.05, 4.69) is 10.3 Å². The fourth-order valence-corrected chi connectivity index (χ4v) is 3.88. The van der Waals surface area contributed by atoms with Crippen LogP contribution in [0.1, 0.15) is 34.5 Å². The number of hydrogen-bond donors (Lipinski definition) is 1. The van der Waals surface area contributed by atoms with Gasteiger partial charge in [0.05, 0.1) is 5.69 Å². The molecule has 6 heteroatoms. The van der Waals surface area contributed by atoms with Gasteiger partial charge in [-0.15, -0.1) is 0 Å². The molecule has 1 N–H and O–H groups in total. The second-order valence-corrected chi connectivity index (χ2v) is 6.28. The van der Waals surface area contributed by atoms with Gasteiger partial charge in [-0.05, 0) is 36.5 Å². The third kappa shape index (κ3) is 1.60. The zero-order chi connectivity index (χ0) is 15.5. The summed E-state index contributed by atoms with van der Waals surface area (Å²) in [6.07, 6.45) is 6.30. The zero-order valence-corrected chi connectivity index (χ0v) is 12.1. The first-order chi connectivity index (χ1) is 10.5. The molecule has 1 aliphatic heterocycles. The second-order valence-electron chi connectivity index (χ2n) is 6.28. The third-order valence-electron chi connectivity index (χ3n) is 5.14. The van der Waals surface area contributed by atoms with E-state index < -0.39 is 5.54 Å². The Hall–Kier alpha value is -2.50. The van der Waals surface area contributed by atoms with E-state index in [1.807, 2.05) is 12.1 Å². The first-order valence-corrected chi connectivity index (χ1v) is 7.27. The number of pyridine rings is 1. The number of carbonyl (C=O) groups excluding carboxylic acids is 3. The van der Waals surface area contributed by atoms with Crippen molar-refractivity contribution in [2.75, 3.05) is 7.05 Å². The van der Waals surface area contributed by atoms with E-state index in [-0.39, 0.29) is 17.9 Å². The molecule has 1 spiro atoms. The molecule has 2 atom stereocenters. The van der Waals surface area contributed by atoms with Crippen LogP contribution in [0, 0.1) is 5.92 Å². The number of aldehydes is 1. The van der Waals surface area contributed by atoms with Crippen LogP contribution >= 0.6 is 0 Å². The van der Waals surface area contributed by atoms with Crippen LogP contribution in [0.3, 0.4) is 0 Å². The number of nitrogens with zero attached hydrogens (tertiary/aromatic N) is 2. The summed E-state index contributed by atoms with van der Waals surface area (Å²) in [7, 11) is 1.67. The maximum atomic E-state index is 12.3. The van der Waals surface area contributed by atoms with E-state index >= 15 is 0 Å². The van der Waals surface area contributed by atoms with Crippen LogP contribution in [-0.4, -0.2) is 40.7 Å². The number of aromatic nitrogens is 1. The van der Waals surface area contributed by atoms with Crippen molar-refractivity contribution in [3.05, 3.63) is 34.7 Å². The average molecular weight is 297 g/mol. The number of hydrogen-bond acceptors (Lipinski definition) is 4. The van der Waals surface area contributed by atoms with Gasteiger partial charge in [-0.1, -0.05) is 5.57 Å². The minimum absolute atomic E-state index is 0.208. The monoisotopic (exact) mass is 297 g/mol. The first-order valence-electron chi connectivity index (χ1n) is 7.27. The quantitative estimate of drug-likeness (QED) is 0.623. The molecular weight excluding hydrogens is 282 g/mol. The fraction of sp³-hybridized carbons (Fsp3) is 0.375. The van der Waals surface area contributed by atoms with Gasteiger partial charge in [-0.25, -0.2) is 4.79 Å². The predicted molar refractivity (Wildman–Crippen MR) is 78.1 cm³/mol. The van der Waals surface area contributed by atoms with E-state index in [0.29, 0.717) is 18.4 Å². The summed E-state index contributed by atoms with van der Waals surface area (Å²) in [4.78, 5) is 40.8. The average Bonchev–Trinajstić information content (AvgIpc) is 2.98. The van der Waals surface area contributed by atoms with Gasteiger partial charge in [-0.2, -0.15) is 0 Å². The summed E-state index contributed by atoms with van der Waals surface area (Å²) in [6.45, 7) is 0. The summed E-state index contributed by atoms with van der Waals surface area (Å²) in [5.74, 6) is 0.0104. The lowest BCUT2D eigenvalue weighted by molar-refractivity contribution is -0.126. The number of imide groups is 1. The summed E-state index contributed by atoms with van der Waals surface area (Å²) < 4.78 is 0. The molecule has 1 saturated carbocycles. The number of fused-ring (bicyclic) bond motifs is 2. The largest absolute Gasteiger partial charge is 0.324 e. The van der Waals surface area contributed by atoms with Crippen molar-refractivity contribution in [2.45, 2.75) is 24.8 Å². The SMILES string of the molecule is CN1C(=O)NC(=O)C12CC1=Cc3ncc(C=O)cc3CC1C2. The molecule has 2 heterocycles. The van der Waals surface area contributed by atoms with Crippen LogP contribution in [0.5, 0.6) is 0 Å². The highest BCUT2D eigenvalue weighted by atomic mass is 16.2. The highest BCUT2D eigenvalue weighted by Gasteiger charge is 2.57. The molecule has 3 amide bonds. The molecule has 2 unspecified atom stereocenters. The Labute approximate surface area is 127 Å². The summed E-state index contributed by atoms with van der Waals surface area (Å²) in [6, 6.07) is 1.53. The molecule has 0 aromatic carbocycles. The standard InChI is InChI=1S/C16H15N3O3/c1-19-15(22)18-14(21)16(19)5-11-3-10-2-9(8-20)7-17-13(10)4-12(11)6-16/h2,4,7-8,11H,3,5-6H2,1H3,(H,18,21,22). The van der Waals surface area contributed by atoms with Crippen molar-refractivity contribution in [2.24, 2.45) is 5.92 Å². The molecule has 6 nitrogen and oxygen atoms in total. The van der Waals surface area contributed by atoms with E-state index in [1.54, 1.807) is 13.2 Å². The number of nitrogens with one attached hydrogen (secondary N) is 1. The Balaban J connectivity index is 1.72. The summed E-state index contributed by atoms with van der Waals surface area (Å²) >= 11 is 0. The number of rotatable bonds is 1. The molecule has 1 aromatic heterocycles. The van der Waals surface area contributed by atoms with Crippen LogP contribution < -0.4 is 5.32 Å². The van der Waals surface area contributed by atoms with E-state index in [1.165, 1.54) is 4.90 Å². The Morgan fingerprint density at radius 2 is 2.27 bits per heavy atom. The number of amides is 3. The van der Waals surface area contributed by atoms with Gasteiger partial charge in [0.2, 0.25) is 0 Å². The smallest absolute Gasteiger partial charge is 0.312 e. The molecule has 1 aromatic rings.